The van der Waals surface area contributed by atoms with E-state index in [1.807, 2.05) is 0 Å². The number of hydrogen-bond donors (Lipinski definition) is 0. The van der Waals surface area contributed by atoms with E-state index in [1.165, 1.54) is 0 Å². The van der Waals surface area contributed by atoms with E-state index in [1.54, 1.807) is 6.92 Å². The Balaban J connectivity index is 0.00000225. The lowest BCUT2D eigenvalue weighted by molar-refractivity contribution is -0.312. The molecule has 0 spiro atoms. The first-order valence-electron chi connectivity index (χ1n) is 4.64. The van der Waals surface area contributed by atoms with E-state index in [2.05, 4.69) is 0 Å². The largest absolute Gasteiger partial charge is 0.875 e. The Morgan fingerprint density at radius 1 is 1.25 bits per heavy atom. The highest BCUT2D eigenvalue weighted by Gasteiger charge is 2.30. The zero-order valence-electron chi connectivity index (χ0n) is 8.24. The molecule has 0 saturated heterocycles. The second-order valence-corrected chi connectivity index (χ2v) is 3.42. The van der Waals surface area contributed by atoms with Crippen molar-refractivity contribution < 1.29 is 24.6 Å². The molecule has 0 amide bonds. The number of carboxylic acid groups (broad SMARTS) is 1. The van der Waals surface area contributed by atoms with E-state index >= 15 is 0 Å². The molecule has 0 heterocycles. The van der Waals surface area contributed by atoms with E-state index in [-0.39, 0.29) is 32.3 Å². The number of allylic oxidation sites excluding steroid dienone is 2. The summed E-state index contributed by atoms with van der Waals surface area (Å²) in [5.41, 5.74) is -0.352. The molecule has 0 aromatic rings. The first kappa shape index (κ1) is 14.3. The molecule has 1 aliphatic rings. The summed E-state index contributed by atoms with van der Waals surface area (Å²) in [5, 5.41) is 21.7. The summed E-state index contributed by atoms with van der Waals surface area (Å²) in [6.07, 6.45) is -0.549. The van der Waals surface area contributed by atoms with Crippen molar-refractivity contribution in [3.63, 3.8) is 0 Å². The van der Waals surface area contributed by atoms with Crippen LogP contribution >= 0.6 is 0 Å². The zero-order valence-corrected chi connectivity index (χ0v) is 8.24. The van der Waals surface area contributed by atoms with Gasteiger partial charge in [-0.05, 0) is 6.42 Å². The minimum absolute atomic E-state index is 0. The number of ketones is 2. The monoisotopic (exact) mass is 226 g/mol. The van der Waals surface area contributed by atoms with E-state index in [0.717, 1.165) is 0 Å². The third-order valence-electron chi connectivity index (χ3n) is 2.35. The van der Waals surface area contributed by atoms with E-state index in [9.17, 15) is 24.6 Å². The van der Waals surface area contributed by atoms with Gasteiger partial charge in [-0.2, -0.15) is 0 Å². The molecule has 0 aromatic carbocycles. The van der Waals surface area contributed by atoms with Crippen molar-refractivity contribution >= 4 is 17.5 Å². The Hall–Kier alpha value is -1.65. The van der Waals surface area contributed by atoms with Crippen LogP contribution in [0.1, 0.15) is 33.6 Å². The number of carbonyl (C=O) groups is 3. The standard InChI is InChI=1S/C10H12O5.CH4/c1-2-6(11)9-7(12)3-5(10(14)15)4-8(9)13;/h5,11H,2-4H2,1H3,(H,14,15);1H4/p-2. The maximum Gasteiger partial charge on any atom is 0.166 e. The van der Waals surface area contributed by atoms with Crippen molar-refractivity contribution in [3.05, 3.63) is 11.3 Å². The molecule has 0 atom stereocenters. The van der Waals surface area contributed by atoms with Crippen molar-refractivity contribution in [1.29, 1.82) is 0 Å². The average molecular weight is 226 g/mol. The second-order valence-electron chi connectivity index (χ2n) is 3.42. The summed E-state index contributed by atoms with van der Waals surface area (Å²) in [6.45, 7) is 1.54. The first-order valence-corrected chi connectivity index (χ1v) is 4.64. The van der Waals surface area contributed by atoms with Crippen molar-refractivity contribution in [2.45, 2.75) is 33.6 Å². The van der Waals surface area contributed by atoms with Gasteiger partial charge in [0.05, 0.1) is 0 Å². The molecule has 1 rings (SSSR count). The normalized spacial score (nSPS) is 20.3. The fraction of sp³-hybridized carbons (Fsp3) is 0.545. The van der Waals surface area contributed by atoms with Crippen LogP contribution in [0.3, 0.4) is 0 Å². The fourth-order valence-electron chi connectivity index (χ4n) is 1.53. The van der Waals surface area contributed by atoms with Gasteiger partial charge in [0.1, 0.15) is 0 Å². The molecule has 0 aliphatic heterocycles. The van der Waals surface area contributed by atoms with Gasteiger partial charge in [0.2, 0.25) is 0 Å². The van der Waals surface area contributed by atoms with Gasteiger partial charge in [0.25, 0.3) is 0 Å². The van der Waals surface area contributed by atoms with Crippen LogP contribution < -0.4 is 10.2 Å². The van der Waals surface area contributed by atoms with Crippen LogP contribution in [0.5, 0.6) is 0 Å². The Bertz CT molecular complexity index is 333. The van der Waals surface area contributed by atoms with Gasteiger partial charge in [0, 0.05) is 30.3 Å². The number of rotatable bonds is 2. The lowest BCUT2D eigenvalue weighted by Crippen LogP contribution is -2.39. The Morgan fingerprint density at radius 2 is 1.69 bits per heavy atom. The van der Waals surface area contributed by atoms with Crippen molar-refractivity contribution in [2.75, 3.05) is 0 Å². The first-order chi connectivity index (χ1) is 6.97. The number of carbonyl (C=O) groups excluding carboxylic acids is 3. The van der Waals surface area contributed by atoms with Crippen LogP contribution in [-0.2, 0) is 14.4 Å². The summed E-state index contributed by atoms with van der Waals surface area (Å²) >= 11 is 0. The average Bonchev–Trinajstić information content (AvgIpc) is 2.16. The fourth-order valence-corrected chi connectivity index (χ4v) is 1.53. The summed E-state index contributed by atoms with van der Waals surface area (Å²) in [7, 11) is 0. The molecule has 0 aromatic heterocycles. The lowest BCUT2D eigenvalue weighted by atomic mass is 9.83. The van der Waals surface area contributed by atoms with E-state index in [0.29, 0.717) is 0 Å². The molecule has 0 unspecified atom stereocenters. The van der Waals surface area contributed by atoms with Crippen LogP contribution in [-0.4, -0.2) is 17.5 Å². The van der Waals surface area contributed by atoms with Crippen LogP contribution in [0.15, 0.2) is 11.3 Å². The molecule has 16 heavy (non-hydrogen) atoms. The zero-order chi connectivity index (χ0) is 11.6. The Kier molecular flexibility index (Phi) is 4.88. The van der Waals surface area contributed by atoms with E-state index < -0.39 is 29.2 Å². The Labute approximate surface area is 93.8 Å². The molecular weight excluding hydrogens is 212 g/mol. The molecule has 1 saturated carbocycles. The highest BCUT2D eigenvalue weighted by Crippen LogP contribution is 2.24. The maximum atomic E-state index is 11.4. The van der Waals surface area contributed by atoms with Gasteiger partial charge in [-0.15, -0.1) is 5.76 Å². The van der Waals surface area contributed by atoms with Crippen LogP contribution in [0, 0.1) is 5.92 Å². The Morgan fingerprint density at radius 3 is 2.00 bits per heavy atom. The van der Waals surface area contributed by atoms with Gasteiger partial charge in [-0.1, -0.05) is 14.4 Å². The molecule has 5 heteroatoms. The van der Waals surface area contributed by atoms with Crippen LogP contribution in [0.2, 0.25) is 0 Å². The second kappa shape index (κ2) is 5.44. The smallest absolute Gasteiger partial charge is 0.166 e. The molecule has 0 radical (unpaired) electrons. The van der Waals surface area contributed by atoms with Gasteiger partial charge in [0.15, 0.2) is 11.6 Å². The summed E-state index contributed by atoms with van der Waals surface area (Å²) in [5.74, 6) is -4.36. The summed E-state index contributed by atoms with van der Waals surface area (Å²) < 4.78 is 0. The minimum atomic E-state index is -1.42. The highest BCUT2D eigenvalue weighted by molar-refractivity contribution is 6.23. The molecule has 90 valence electrons. The summed E-state index contributed by atoms with van der Waals surface area (Å²) in [4.78, 5) is 33.2. The highest BCUT2D eigenvalue weighted by atomic mass is 16.4. The molecular formula is C11H14O5-2. The third kappa shape index (κ3) is 2.68. The van der Waals surface area contributed by atoms with Gasteiger partial charge in [-0.3, -0.25) is 9.59 Å². The van der Waals surface area contributed by atoms with Crippen LogP contribution in [0.4, 0.5) is 0 Å². The van der Waals surface area contributed by atoms with Crippen molar-refractivity contribution in [3.8, 4) is 0 Å². The molecule has 1 fully saturated rings. The minimum Gasteiger partial charge on any atom is -0.875 e. The van der Waals surface area contributed by atoms with E-state index in [4.69, 9.17) is 0 Å². The SMILES string of the molecule is C.CCC([O-])=C1C(=O)CC(C(=O)[O-])CC1=O. The molecule has 5 nitrogen and oxygen atoms in total. The predicted octanol–water partition coefficient (Wildman–Crippen LogP) is -1.05. The number of Topliss-reactive ketones (excluding diaryl/α,β-unsaturated/α-hetero) is 2. The summed E-state index contributed by atoms with van der Waals surface area (Å²) in [6, 6.07) is 0. The quantitative estimate of drug-likeness (QED) is 0.340. The topological polar surface area (TPSA) is 97.3 Å². The predicted molar refractivity (Wildman–Crippen MR) is 51.8 cm³/mol. The van der Waals surface area contributed by atoms with Gasteiger partial charge >= 0.3 is 0 Å². The number of aliphatic carboxylic acids is 1. The molecule has 0 bridgehead atoms. The number of carboxylic acids is 1. The van der Waals surface area contributed by atoms with Crippen molar-refractivity contribution in [2.24, 2.45) is 5.92 Å². The maximum absolute atomic E-state index is 11.4. The van der Waals surface area contributed by atoms with Crippen molar-refractivity contribution in [1.82, 2.24) is 0 Å². The molecule has 0 N–H and O–H groups in total. The lowest BCUT2D eigenvalue weighted by Gasteiger charge is -2.26. The molecule has 1 aliphatic carbocycles. The van der Waals surface area contributed by atoms with Gasteiger partial charge < -0.3 is 15.0 Å². The third-order valence-corrected chi connectivity index (χ3v) is 2.35. The van der Waals surface area contributed by atoms with Gasteiger partial charge in [-0.25, -0.2) is 0 Å². The van der Waals surface area contributed by atoms with Crippen LogP contribution in [0.25, 0.3) is 0 Å². The number of hydrogen-bond acceptors (Lipinski definition) is 5.